The molecule has 0 aromatic heterocycles. The van der Waals surface area contributed by atoms with Crippen molar-refractivity contribution < 1.29 is 19.1 Å². The van der Waals surface area contributed by atoms with Crippen LogP contribution in [0.5, 0.6) is 0 Å². The van der Waals surface area contributed by atoms with Crippen LogP contribution >= 0.6 is 0 Å². The van der Waals surface area contributed by atoms with Crippen LogP contribution in [0.25, 0.3) is 0 Å². The standard InChI is InChI=1S/C10H14O4/c1-5-3-6-8(7(4-5)13-2)10(12)14-9(6)11/h5-8H,3-4H2,1-2H3. The lowest BCUT2D eigenvalue weighted by atomic mass is 9.74. The Balaban J connectivity index is 2.23. The van der Waals surface area contributed by atoms with Crippen molar-refractivity contribution in [1.29, 1.82) is 0 Å². The second kappa shape index (κ2) is 3.35. The Bertz CT molecular complexity index is 273. The van der Waals surface area contributed by atoms with Gasteiger partial charge in [0.15, 0.2) is 0 Å². The molecule has 4 nitrogen and oxygen atoms in total. The summed E-state index contributed by atoms with van der Waals surface area (Å²) in [6.07, 6.45) is 1.43. The number of esters is 2. The van der Waals surface area contributed by atoms with E-state index in [9.17, 15) is 9.59 Å². The first-order chi connectivity index (χ1) is 6.63. The molecule has 0 spiro atoms. The minimum absolute atomic E-state index is 0.150. The molecule has 1 saturated carbocycles. The average Bonchev–Trinajstić information content (AvgIpc) is 2.41. The van der Waals surface area contributed by atoms with Gasteiger partial charge in [-0.25, -0.2) is 0 Å². The van der Waals surface area contributed by atoms with E-state index in [1.165, 1.54) is 0 Å². The van der Waals surface area contributed by atoms with Gasteiger partial charge in [-0.1, -0.05) is 6.92 Å². The molecule has 1 saturated heterocycles. The van der Waals surface area contributed by atoms with Crippen LogP contribution in [0.15, 0.2) is 0 Å². The van der Waals surface area contributed by atoms with Gasteiger partial charge in [0.25, 0.3) is 0 Å². The first kappa shape index (κ1) is 9.65. The fourth-order valence-electron chi connectivity index (χ4n) is 2.52. The Labute approximate surface area is 82.6 Å². The highest BCUT2D eigenvalue weighted by Gasteiger charge is 2.51. The highest BCUT2D eigenvalue weighted by atomic mass is 16.6. The number of cyclic esters (lactones) is 2. The van der Waals surface area contributed by atoms with Crippen molar-refractivity contribution in [3.63, 3.8) is 0 Å². The van der Waals surface area contributed by atoms with Gasteiger partial charge in [0, 0.05) is 7.11 Å². The summed E-state index contributed by atoms with van der Waals surface area (Å²) in [5.41, 5.74) is 0. The molecule has 4 atom stereocenters. The van der Waals surface area contributed by atoms with Crippen LogP contribution in [-0.4, -0.2) is 25.2 Å². The molecule has 1 aliphatic carbocycles. The summed E-state index contributed by atoms with van der Waals surface area (Å²) < 4.78 is 9.87. The Hall–Kier alpha value is -0.900. The van der Waals surface area contributed by atoms with E-state index in [-0.39, 0.29) is 23.9 Å². The quantitative estimate of drug-likeness (QED) is 0.461. The third-order valence-corrected chi connectivity index (χ3v) is 3.20. The molecule has 78 valence electrons. The molecule has 0 N–H and O–H groups in total. The Morgan fingerprint density at radius 3 is 2.64 bits per heavy atom. The Morgan fingerprint density at radius 2 is 2.00 bits per heavy atom. The summed E-state index contributed by atoms with van der Waals surface area (Å²) in [4.78, 5) is 22.7. The second-order valence-corrected chi connectivity index (χ2v) is 4.22. The molecule has 1 heterocycles. The van der Waals surface area contributed by atoms with Crippen LogP contribution in [0.1, 0.15) is 19.8 Å². The predicted molar refractivity (Wildman–Crippen MR) is 47.3 cm³/mol. The molecule has 2 aliphatic rings. The average molecular weight is 198 g/mol. The molecule has 1 aliphatic heterocycles. The van der Waals surface area contributed by atoms with Crippen molar-refractivity contribution in [2.75, 3.05) is 7.11 Å². The lowest BCUT2D eigenvalue weighted by molar-refractivity contribution is -0.154. The van der Waals surface area contributed by atoms with Crippen molar-refractivity contribution in [3.05, 3.63) is 0 Å². The predicted octanol–water partition coefficient (Wildman–Crippen LogP) is 0.747. The van der Waals surface area contributed by atoms with Crippen LogP contribution in [-0.2, 0) is 19.1 Å². The zero-order chi connectivity index (χ0) is 10.3. The van der Waals surface area contributed by atoms with Gasteiger partial charge >= 0.3 is 11.9 Å². The summed E-state index contributed by atoms with van der Waals surface area (Å²) in [6.45, 7) is 2.07. The molecule has 0 aromatic rings. The van der Waals surface area contributed by atoms with Crippen LogP contribution < -0.4 is 0 Å². The summed E-state index contributed by atoms with van der Waals surface area (Å²) >= 11 is 0. The van der Waals surface area contributed by atoms with Crippen molar-refractivity contribution in [1.82, 2.24) is 0 Å². The maximum atomic E-state index is 11.4. The third-order valence-electron chi connectivity index (χ3n) is 3.20. The molecule has 0 radical (unpaired) electrons. The Morgan fingerprint density at radius 1 is 1.29 bits per heavy atom. The summed E-state index contributed by atoms with van der Waals surface area (Å²) in [5.74, 6) is -0.980. The molecule has 2 fully saturated rings. The highest BCUT2D eigenvalue weighted by Crippen LogP contribution is 2.40. The maximum Gasteiger partial charge on any atom is 0.320 e. The normalized spacial score (nSPS) is 42.1. The van der Waals surface area contributed by atoms with E-state index >= 15 is 0 Å². The number of carbonyl (C=O) groups is 2. The fraction of sp³-hybridized carbons (Fsp3) is 0.800. The smallest absolute Gasteiger partial charge is 0.320 e. The third kappa shape index (κ3) is 1.34. The van der Waals surface area contributed by atoms with E-state index in [1.54, 1.807) is 7.11 Å². The zero-order valence-electron chi connectivity index (χ0n) is 8.36. The molecule has 2 rings (SSSR count). The van der Waals surface area contributed by atoms with Gasteiger partial charge in [-0.2, -0.15) is 0 Å². The largest absolute Gasteiger partial charge is 0.393 e. The molecule has 0 aromatic carbocycles. The number of ether oxygens (including phenoxy) is 2. The van der Waals surface area contributed by atoms with Gasteiger partial charge in [-0.15, -0.1) is 0 Å². The monoisotopic (exact) mass is 198 g/mol. The minimum atomic E-state index is -0.404. The number of carbonyl (C=O) groups excluding carboxylic acids is 2. The van der Waals surface area contributed by atoms with Crippen LogP contribution in [0.2, 0.25) is 0 Å². The topological polar surface area (TPSA) is 52.6 Å². The first-order valence-electron chi connectivity index (χ1n) is 4.91. The first-order valence-corrected chi connectivity index (χ1v) is 4.91. The summed E-state index contributed by atoms with van der Waals surface area (Å²) in [6, 6.07) is 0. The van der Waals surface area contributed by atoms with Crippen molar-refractivity contribution in [2.24, 2.45) is 17.8 Å². The highest BCUT2D eigenvalue weighted by molar-refractivity contribution is 5.97. The van der Waals surface area contributed by atoms with E-state index in [4.69, 9.17) is 4.74 Å². The number of hydrogen-bond donors (Lipinski definition) is 0. The van der Waals surface area contributed by atoms with Crippen molar-refractivity contribution in [3.8, 4) is 0 Å². The number of fused-ring (bicyclic) bond motifs is 1. The molecule has 14 heavy (non-hydrogen) atoms. The van der Waals surface area contributed by atoms with E-state index in [0.717, 1.165) is 12.8 Å². The maximum absolute atomic E-state index is 11.4. The van der Waals surface area contributed by atoms with Crippen LogP contribution in [0, 0.1) is 17.8 Å². The molecular formula is C10H14O4. The summed E-state index contributed by atoms with van der Waals surface area (Å²) in [7, 11) is 1.58. The van der Waals surface area contributed by atoms with Crippen molar-refractivity contribution in [2.45, 2.75) is 25.9 Å². The second-order valence-electron chi connectivity index (χ2n) is 4.22. The van der Waals surface area contributed by atoms with Gasteiger partial charge in [0.1, 0.15) is 0 Å². The number of rotatable bonds is 1. The molecule has 0 bridgehead atoms. The lowest BCUT2D eigenvalue weighted by Crippen LogP contribution is -2.38. The Kier molecular flexibility index (Phi) is 2.31. The molecular weight excluding hydrogens is 184 g/mol. The fourth-order valence-corrected chi connectivity index (χ4v) is 2.52. The van der Waals surface area contributed by atoms with Gasteiger partial charge in [0.2, 0.25) is 0 Å². The van der Waals surface area contributed by atoms with Gasteiger partial charge in [0.05, 0.1) is 17.9 Å². The van der Waals surface area contributed by atoms with Crippen LogP contribution in [0.4, 0.5) is 0 Å². The van der Waals surface area contributed by atoms with Gasteiger partial charge < -0.3 is 9.47 Å². The SMILES string of the molecule is COC1CC(C)CC2C(=O)OC(=O)C12. The van der Waals surface area contributed by atoms with E-state index in [2.05, 4.69) is 11.7 Å². The van der Waals surface area contributed by atoms with Crippen LogP contribution in [0.3, 0.4) is 0 Å². The molecule has 4 heteroatoms. The van der Waals surface area contributed by atoms with E-state index < -0.39 is 5.97 Å². The molecule has 4 unspecified atom stereocenters. The van der Waals surface area contributed by atoms with E-state index in [0.29, 0.717) is 5.92 Å². The zero-order valence-corrected chi connectivity index (χ0v) is 8.36. The number of hydrogen-bond acceptors (Lipinski definition) is 4. The van der Waals surface area contributed by atoms with Crippen molar-refractivity contribution >= 4 is 11.9 Å². The molecule has 0 amide bonds. The van der Waals surface area contributed by atoms with E-state index in [1.807, 2.05) is 0 Å². The summed E-state index contributed by atoms with van der Waals surface area (Å²) in [5, 5.41) is 0. The number of methoxy groups -OCH3 is 1. The minimum Gasteiger partial charge on any atom is -0.393 e. The van der Waals surface area contributed by atoms with Gasteiger partial charge in [-0.3, -0.25) is 9.59 Å². The lowest BCUT2D eigenvalue weighted by Gasteiger charge is -2.32. The van der Waals surface area contributed by atoms with Gasteiger partial charge in [-0.05, 0) is 18.8 Å².